The maximum atomic E-state index is 11.7. The fraction of sp³-hybridized carbons (Fsp3) is 0.125. The summed E-state index contributed by atoms with van der Waals surface area (Å²) in [6.07, 6.45) is 0. The molecule has 2 rings (SSSR count). The molecule has 0 saturated carbocycles. The van der Waals surface area contributed by atoms with Gasteiger partial charge in [-0.15, -0.1) is 0 Å². The molecule has 0 aromatic heterocycles. The van der Waals surface area contributed by atoms with Crippen molar-refractivity contribution in [2.24, 2.45) is 0 Å². The van der Waals surface area contributed by atoms with E-state index in [-0.39, 0.29) is 25.0 Å². The second-order valence-electron chi connectivity index (χ2n) is 4.60. The highest BCUT2D eigenvalue weighted by Crippen LogP contribution is 2.14. The number of benzene rings is 2. The first-order chi connectivity index (χ1) is 11.0. The van der Waals surface area contributed by atoms with Gasteiger partial charge in [-0.1, -0.05) is 31.9 Å². The number of hydrogen-bond donors (Lipinski definition) is 2. The summed E-state index contributed by atoms with van der Waals surface area (Å²) in [7, 11) is 0. The lowest BCUT2D eigenvalue weighted by atomic mass is 10.3. The zero-order valence-electron chi connectivity index (χ0n) is 12.0. The zero-order chi connectivity index (χ0) is 16.7. The molecule has 0 spiro atoms. The average Bonchev–Trinajstić information content (AvgIpc) is 2.52. The van der Waals surface area contributed by atoms with Crippen LogP contribution in [0.1, 0.15) is 0 Å². The van der Waals surface area contributed by atoms with Crippen LogP contribution in [-0.2, 0) is 14.3 Å². The van der Waals surface area contributed by atoms with Gasteiger partial charge in [0.05, 0.1) is 0 Å². The van der Waals surface area contributed by atoms with E-state index in [1.54, 1.807) is 24.3 Å². The molecule has 0 aliphatic heterocycles. The molecule has 0 aliphatic rings. The van der Waals surface area contributed by atoms with Crippen molar-refractivity contribution in [3.63, 3.8) is 0 Å². The summed E-state index contributed by atoms with van der Waals surface area (Å²) >= 11 is 6.63. The fourth-order valence-corrected chi connectivity index (χ4v) is 2.23. The molecule has 0 radical (unpaired) electrons. The minimum absolute atomic E-state index is 0.191. The molecule has 0 bridgehead atoms. The molecule has 0 unspecified atom stereocenters. The number of amides is 2. The lowest BCUT2D eigenvalue weighted by Gasteiger charge is -2.07. The van der Waals surface area contributed by atoms with Crippen LogP contribution in [0.25, 0.3) is 0 Å². The van der Waals surface area contributed by atoms with E-state index in [2.05, 4.69) is 42.5 Å². The Morgan fingerprint density at radius 1 is 0.739 bits per heavy atom. The molecule has 0 saturated heterocycles. The van der Waals surface area contributed by atoms with Crippen molar-refractivity contribution in [1.82, 2.24) is 0 Å². The number of rotatable bonds is 6. The summed E-state index contributed by atoms with van der Waals surface area (Å²) in [5.41, 5.74) is 1.34. The van der Waals surface area contributed by atoms with E-state index in [0.717, 1.165) is 8.95 Å². The predicted molar refractivity (Wildman–Crippen MR) is 96.4 cm³/mol. The van der Waals surface area contributed by atoms with E-state index in [4.69, 9.17) is 4.74 Å². The number of hydrogen-bond acceptors (Lipinski definition) is 3. The smallest absolute Gasteiger partial charge is 0.250 e. The molecule has 2 amide bonds. The third kappa shape index (κ3) is 6.52. The number of ether oxygens (including phenoxy) is 1. The van der Waals surface area contributed by atoms with Gasteiger partial charge in [0, 0.05) is 20.3 Å². The van der Waals surface area contributed by atoms with Gasteiger partial charge in [0.15, 0.2) is 0 Å². The molecule has 5 nitrogen and oxygen atoms in total. The van der Waals surface area contributed by atoms with Crippen molar-refractivity contribution in [2.75, 3.05) is 23.8 Å². The second-order valence-corrected chi connectivity index (χ2v) is 6.43. The van der Waals surface area contributed by atoms with Crippen molar-refractivity contribution in [3.8, 4) is 0 Å². The van der Waals surface area contributed by atoms with Gasteiger partial charge >= 0.3 is 0 Å². The Labute approximate surface area is 150 Å². The van der Waals surface area contributed by atoms with Gasteiger partial charge < -0.3 is 15.4 Å². The van der Waals surface area contributed by atoms with Crippen molar-refractivity contribution in [3.05, 3.63) is 57.5 Å². The molecule has 2 aromatic carbocycles. The van der Waals surface area contributed by atoms with E-state index >= 15 is 0 Å². The zero-order valence-corrected chi connectivity index (χ0v) is 15.2. The summed E-state index contributed by atoms with van der Waals surface area (Å²) in [5, 5.41) is 5.35. The van der Waals surface area contributed by atoms with Crippen LogP contribution < -0.4 is 10.6 Å². The molecule has 0 heterocycles. The number of carbonyl (C=O) groups excluding carboxylic acids is 2. The van der Waals surface area contributed by atoms with E-state index in [0.29, 0.717) is 11.4 Å². The van der Waals surface area contributed by atoms with Gasteiger partial charge in [0.2, 0.25) is 11.8 Å². The highest BCUT2D eigenvalue weighted by atomic mass is 79.9. The number of halogens is 2. The Morgan fingerprint density at radius 3 is 1.43 bits per heavy atom. The summed E-state index contributed by atoms with van der Waals surface area (Å²) in [6.45, 7) is -0.381. The Kier molecular flexibility index (Phi) is 6.76. The summed E-state index contributed by atoms with van der Waals surface area (Å²) < 4.78 is 6.96. The Morgan fingerprint density at radius 2 is 1.09 bits per heavy atom. The quantitative estimate of drug-likeness (QED) is 0.716. The van der Waals surface area contributed by atoms with Crippen LogP contribution in [0.2, 0.25) is 0 Å². The van der Waals surface area contributed by atoms with Crippen molar-refractivity contribution in [1.29, 1.82) is 0 Å². The third-order valence-corrected chi connectivity index (χ3v) is 3.78. The van der Waals surface area contributed by atoms with Gasteiger partial charge in [0.25, 0.3) is 0 Å². The van der Waals surface area contributed by atoms with Crippen LogP contribution >= 0.6 is 31.9 Å². The van der Waals surface area contributed by atoms with E-state index in [1.807, 2.05) is 24.3 Å². The van der Waals surface area contributed by atoms with Crippen LogP contribution in [0, 0.1) is 0 Å². The maximum absolute atomic E-state index is 11.7. The summed E-state index contributed by atoms with van der Waals surface area (Å²) in [4.78, 5) is 23.4. The largest absolute Gasteiger partial charge is 0.362 e. The van der Waals surface area contributed by atoms with Crippen molar-refractivity contribution < 1.29 is 14.3 Å². The maximum Gasteiger partial charge on any atom is 0.250 e. The molecule has 0 fully saturated rings. The standard InChI is InChI=1S/C16H14Br2N2O3/c17-11-1-5-13(6-2-11)19-15(21)9-23-10-16(22)20-14-7-3-12(18)4-8-14/h1-8H,9-10H2,(H,19,21)(H,20,22). The molecule has 7 heteroatoms. The lowest BCUT2D eigenvalue weighted by molar-refractivity contribution is -0.125. The summed E-state index contributed by atoms with van der Waals surface area (Å²) in [5.74, 6) is -0.632. The molecule has 23 heavy (non-hydrogen) atoms. The molecule has 0 aliphatic carbocycles. The Balaban J connectivity index is 1.69. The summed E-state index contributed by atoms with van der Waals surface area (Å²) in [6, 6.07) is 14.4. The number of anilines is 2. The fourth-order valence-electron chi connectivity index (χ4n) is 1.70. The van der Waals surface area contributed by atoms with Gasteiger partial charge in [0.1, 0.15) is 13.2 Å². The first kappa shape index (κ1) is 17.7. The van der Waals surface area contributed by atoms with Crippen molar-refractivity contribution in [2.45, 2.75) is 0 Å². The van der Waals surface area contributed by atoms with Gasteiger partial charge in [-0.2, -0.15) is 0 Å². The second kappa shape index (κ2) is 8.81. The Hall–Kier alpha value is -1.70. The topological polar surface area (TPSA) is 67.4 Å². The molecular weight excluding hydrogens is 428 g/mol. The van der Waals surface area contributed by atoms with E-state index < -0.39 is 0 Å². The molecule has 2 N–H and O–H groups in total. The molecule has 0 atom stereocenters. The van der Waals surface area contributed by atoms with E-state index in [9.17, 15) is 9.59 Å². The number of nitrogens with one attached hydrogen (secondary N) is 2. The van der Waals surface area contributed by atoms with Crippen LogP contribution in [0.15, 0.2) is 57.5 Å². The van der Waals surface area contributed by atoms with Gasteiger partial charge in [-0.25, -0.2) is 0 Å². The molecular formula is C16H14Br2N2O3. The first-order valence-electron chi connectivity index (χ1n) is 6.71. The highest BCUT2D eigenvalue weighted by Gasteiger charge is 2.06. The van der Waals surface area contributed by atoms with Crippen LogP contribution in [0.4, 0.5) is 11.4 Å². The van der Waals surface area contributed by atoms with Crippen LogP contribution in [0.5, 0.6) is 0 Å². The first-order valence-corrected chi connectivity index (χ1v) is 8.30. The van der Waals surface area contributed by atoms with Crippen LogP contribution in [0.3, 0.4) is 0 Å². The number of carbonyl (C=O) groups is 2. The molecule has 2 aromatic rings. The monoisotopic (exact) mass is 440 g/mol. The normalized spacial score (nSPS) is 10.2. The van der Waals surface area contributed by atoms with E-state index in [1.165, 1.54) is 0 Å². The minimum atomic E-state index is -0.316. The Bertz CT molecular complexity index is 613. The van der Waals surface area contributed by atoms with Crippen LogP contribution in [-0.4, -0.2) is 25.0 Å². The van der Waals surface area contributed by atoms with Gasteiger partial charge in [-0.05, 0) is 48.5 Å². The van der Waals surface area contributed by atoms with Gasteiger partial charge in [-0.3, -0.25) is 9.59 Å². The average molecular weight is 442 g/mol. The highest BCUT2D eigenvalue weighted by molar-refractivity contribution is 9.10. The third-order valence-electron chi connectivity index (χ3n) is 2.72. The van der Waals surface area contributed by atoms with Crippen molar-refractivity contribution >= 4 is 55.0 Å². The SMILES string of the molecule is O=C(COCC(=O)Nc1ccc(Br)cc1)Nc1ccc(Br)cc1. The minimum Gasteiger partial charge on any atom is -0.362 e. The lowest BCUT2D eigenvalue weighted by Crippen LogP contribution is -2.23. The molecule has 120 valence electrons. The predicted octanol–water partition coefficient (Wildman–Crippen LogP) is 3.81.